The van der Waals surface area contributed by atoms with Gasteiger partial charge in [-0.25, -0.2) is 0 Å². The van der Waals surface area contributed by atoms with Gasteiger partial charge in [0.25, 0.3) is 0 Å². The van der Waals surface area contributed by atoms with E-state index in [0.717, 1.165) is 5.56 Å². The van der Waals surface area contributed by atoms with Crippen LogP contribution in [0.25, 0.3) is 11.1 Å². The van der Waals surface area contributed by atoms with Crippen molar-refractivity contribution in [3.63, 3.8) is 0 Å². The molecular weight excluding hydrogens is 492 g/mol. The first kappa shape index (κ1) is 25.7. The fourth-order valence-electron chi connectivity index (χ4n) is 6.72. The second-order valence-corrected chi connectivity index (χ2v) is 10.5. The lowest BCUT2D eigenvalue weighted by Gasteiger charge is -2.52. The summed E-state index contributed by atoms with van der Waals surface area (Å²) >= 11 is 0. The van der Waals surface area contributed by atoms with Gasteiger partial charge in [-0.15, -0.1) is 0 Å². The van der Waals surface area contributed by atoms with Crippen LogP contribution in [0.15, 0.2) is 36.4 Å². The molecule has 0 saturated heterocycles. The third-order valence-electron chi connectivity index (χ3n) is 8.30. The van der Waals surface area contributed by atoms with Gasteiger partial charge >= 0.3 is 0 Å². The van der Waals surface area contributed by atoms with Gasteiger partial charge in [0.1, 0.15) is 11.5 Å². The van der Waals surface area contributed by atoms with Crippen LogP contribution < -0.4 is 10.5 Å². The lowest BCUT2D eigenvalue weighted by molar-refractivity contribution is -0.181. The quantitative estimate of drug-likeness (QED) is 0.488. The minimum atomic E-state index is -2.75. The van der Waals surface area contributed by atoms with Crippen LogP contribution in [0.2, 0.25) is 0 Å². The van der Waals surface area contributed by atoms with Crippen molar-refractivity contribution in [1.29, 1.82) is 0 Å². The van der Waals surface area contributed by atoms with Crippen molar-refractivity contribution >= 4 is 29.0 Å². The summed E-state index contributed by atoms with van der Waals surface area (Å²) in [5.74, 6) is -10.4. The third-order valence-corrected chi connectivity index (χ3v) is 8.30. The fraction of sp³-hybridized carbons (Fsp3) is 0.393. The highest BCUT2D eigenvalue weighted by Crippen LogP contribution is 2.53. The molecule has 6 unspecified atom stereocenters. The molecule has 0 bridgehead atoms. The molecule has 2 aromatic rings. The molecule has 6 atom stereocenters. The van der Waals surface area contributed by atoms with Crippen molar-refractivity contribution in [2.45, 2.75) is 24.5 Å². The molecule has 2 aromatic carbocycles. The van der Waals surface area contributed by atoms with Gasteiger partial charge in [-0.3, -0.25) is 28.9 Å². The molecule has 0 heterocycles. The Kier molecular flexibility index (Phi) is 6.00. The van der Waals surface area contributed by atoms with Crippen molar-refractivity contribution in [2.24, 2.45) is 29.4 Å². The number of phenolic OH excluding ortho intramolecular Hbond substituents is 1. The molecule has 2 fully saturated rings. The van der Waals surface area contributed by atoms with Gasteiger partial charge in [-0.1, -0.05) is 30.3 Å². The van der Waals surface area contributed by atoms with Gasteiger partial charge in [-0.2, -0.15) is 0 Å². The number of fused-ring (bicyclic) bond motifs is 3. The zero-order valence-electron chi connectivity index (χ0n) is 21.1. The maximum absolute atomic E-state index is 13.9. The molecular formula is C28H28N2O8. The van der Waals surface area contributed by atoms with Gasteiger partial charge in [0, 0.05) is 17.0 Å². The number of nitrogens with two attached hydrogens (primary N) is 1. The molecule has 10 heteroatoms. The number of aliphatic hydroxyl groups is 1. The van der Waals surface area contributed by atoms with Gasteiger partial charge in [0.05, 0.1) is 24.6 Å². The summed E-state index contributed by atoms with van der Waals surface area (Å²) in [5, 5.41) is 22.6. The number of Topliss-reactive ketones (excluding diaryl/α,β-unsaturated/α-hetero) is 4. The van der Waals surface area contributed by atoms with Crippen LogP contribution in [0.3, 0.4) is 0 Å². The smallest absolute Gasteiger partial charge is 0.235 e. The van der Waals surface area contributed by atoms with E-state index in [9.17, 15) is 34.2 Å². The Hall–Kier alpha value is -3.89. The van der Waals surface area contributed by atoms with Gasteiger partial charge in [0.15, 0.2) is 34.7 Å². The number of aromatic hydroxyl groups is 1. The number of likely N-dealkylation sites (N-methyl/N-ethyl adjacent to an activating group) is 1. The summed E-state index contributed by atoms with van der Waals surface area (Å²) in [7, 11) is 4.54. The average molecular weight is 521 g/mol. The molecule has 2 saturated carbocycles. The first-order valence-corrected chi connectivity index (χ1v) is 12.3. The molecule has 0 spiro atoms. The summed E-state index contributed by atoms with van der Waals surface area (Å²) in [6.07, 6.45) is 0.104. The van der Waals surface area contributed by atoms with E-state index in [1.807, 2.05) is 30.3 Å². The molecule has 198 valence electrons. The van der Waals surface area contributed by atoms with Crippen LogP contribution in [0, 0.1) is 23.7 Å². The van der Waals surface area contributed by atoms with E-state index in [-0.39, 0.29) is 24.2 Å². The first-order valence-electron chi connectivity index (χ1n) is 12.3. The van der Waals surface area contributed by atoms with Crippen molar-refractivity contribution in [3.05, 3.63) is 47.5 Å². The number of phenols is 1. The monoisotopic (exact) mass is 520 g/mol. The second-order valence-electron chi connectivity index (χ2n) is 10.5. The van der Waals surface area contributed by atoms with E-state index in [0.29, 0.717) is 16.9 Å². The Bertz CT molecular complexity index is 1400. The predicted octanol–water partition coefficient (Wildman–Crippen LogP) is 0.543. The molecule has 3 aliphatic carbocycles. The van der Waals surface area contributed by atoms with E-state index in [2.05, 4.69) is 0 Å². The second kappa shape index (κ2) is 8.85. The number of ketones is 4. The van der Waals surface area contributed by atoms with E-state index in [1.165, 1.54) is 18.1 Å². The Morgan fingerprint density at radius 2 is 1.76 bits per heavy atom. The SMILES string of the molecule is COc1c(-c2ccccc2)cc(O)c2c1CC1CC3C(N(C)C)C(=O)C(C(N)=O)C(=O)C3(O)C(=O)C1C2=O. The molecule has 1 amide bonds. The molecule has 4 N–H and O–H groups in total. The van der Waals surface area contributed by atoms with E-state index in [4.69, 9.17) is 10.5 Å². The van der Waals surface area contributed by atoms with Crippen molar-refractivity contribution in [1.82, 2.24) is 4.90 Å². The molecule has 0 aromatic heterocycles. The van der Waals surface area contributed by atoms with Crippen molar-refractivity contribution in [2.75, 3.05) is 21.2 Å². The number of carbonyl (C=O) groups is 5. The van der Waals surface area contributed by atoms with Crippen LogP contribution in [0.4, 0.5) is 0 Å². The third kappa shape index (κ3) is 3.36. The maximum atomic E-state index is 13.9. The number of benzene rings is 2. The zero-order chi connectivity index (χ0) is 27.7. The highest BCUT2D eigenvalue weighted by molar-refractivity contribution is 6.32. The minimum Gasteiger partial charge on any atom is -0.507 e. The number of rotatable bonds is 4. The largest absolute Gasteiger partial charge is 0.507 e. The summed E-state index contributed by atoms with van der Waals surface area (Å²) < 4.78 is 5.70. The topological polar surface area (TPSA) is 164 Å². The Morgan fingerprint density at radius 1 is 1.11 bits per heavy atom. The average Bonchev–Trinajstić information content (AvgIpc) is 2.86. The fourth-order valence-corrected chi connectivity index (χ4v) is 6.72. The highest BCUT2D eigenvalue weighted by Gasteiger charge is 2.69. The van der Waals surface area contributed by atoms with E-state index >= 15 is 0 Å². The number of amides is 1. The van der Waals surface area contributed by atoms with Crippen molar-refractivity contribution < 1.29 is 38.9 Å². The van der Waals surface area contributed by atoms with Crippen LogP contribution >= 0.6 is 0 Å². The number of methoxy groups -OCH3 is 1. The summed E-state index contributed by atoms with van der Waals surface area (Å²) in [6, 6.07) is 9.40. The number of nitrogens with zero attached hydrogens (tertiary/aromatic N) is 1. The zero-order valence-corrected chi connectivity index (χ0v) is 21.1. The standard InChI is InChI=1S/C28H28N2O8/c1-30(2)21-16-10-13-9-15-19(17(31)11-14(24(15)38-3)12-7-5-4-6-8-12)22(32)18(13)25(34)28(16,37)26(35)20(23(21)33)27(29)36/h4-8,11,13,16,18,20-21,31,37H,9-10H2,1-3H3,(H2,29,36). The summed E-state index contributed by atoms with van der Waals surface area (Å²) in [5.41, 5.74) is 4.21. The predicted molar refractivity (Wildman–Crippen MR) is 133 cm³/mol. The molecule has 3 aliphatic rings. The molecule has 10 nitrogen and oxygen atoms in total. The molecule has 38 heavy (non-hydrogen) atoms. The van der Waals surface area contributed by atoms with Crippen LogP contribution in [-0.2, 0) is 25.6 Å². The number of ether oxygens (including phenoxy) is 1. The normalized spacial score (nSPS) is 30.5. The Labute approximate surface area is 218 Å². The van der Waals surface area contributed by atoms with Gasteiger partial charge in [0.2, 0.25) is 5.91 Å². The number of primary amides is 1. The first-order chi connectivity index (χ1) is 17.9. The molecule has 0 radical (unpaired) electrons. The van der Waals surface area contributed by atoms with E-state index < -0.39 is 64.4 Å². The van der Waals surface area contributed by atoms with Crippen molar-refractivity contribution in [3.8, 4) is 22.6 Å². The lowest BCUT2D eigenvalue weighted by atomic mass is 9.52. The van der Waals surface area contributed by atoms with Gasteiger partial charge < -0.3 is 20.7 Å². The van der Waals surface area contributed by atoms with Crippen LogP contribution in [0.1, 0.15) is 22.3 Å². The molecule has 5 rings (SSSR count). The lowest BCUT2D eigenvalue weighted by Crippen LogP contribution is -2.74. The molecule has 0 aliphatic heterocycles. The van der Waals surface area contributed by atoms with Crippen LogP contribution in [0.5, 0.6) is 11.5 Å². The number of carbonyl (C=O) groups excluding carboxylic acids is 5. The van der Waals surface area contributed by atoms with E-state index in [1.54, 1.807) is 14.1 Å². The van der Waals surface area contributed by atoms with Gasteiger partial charge in [-0.05, 0) is 44.5 Å². The van der Waals surface area contributed by atoms with Crippen LogP contribution in [-0.4, -0.2) is 77.0 Å². The number of hydrogen-bond donors (Lipinski definition) is 3. The minimum absolute atomic E-state index is 0.0244. The summed E-state index contributed by atoms with van der Waals surface area (Å²) in [6.45, 7) is 0. The Balaban J connectivity index is 1.67. The number of hydrogen-bond acceptors (Lipinski definition) is 9. The highest BCUT2D eigenvalue weighted by atomic mass is 16.5. The summed E-state index contributed by atoms with van der Waals surface area (Å²) in [4.78, 5) is 67.7. The Morgan fingerprint density at radius 3 is 2.34 bits per heavy atom. The maximum Gasteiger partial charge on any atom is 0.235 e.